The van der Waals surface area contributed by atoms with E-state index in [0.29, 0.717) is 18.4 Å². The lowest BCUT2D eigenvalue weighted by Gasteiger charge is -2.24. The minimum absolute atomic E-state index is 0.182. The molecular formula is C13H19NO. The van der Waals surface area contributed by atoms with Gasteiger partial charge in [-0.05, 0) is 38.0 Å². The molecule has 1 amide bonds. The lowest BCUT2D eigenvalue weighted by Crippen LogP contribution is -2.38. The van der Waals surface area contributed by atoms with E-state index in [-0.39, 0.29) is 5.91 Å². The number of rotatable bonds is 1. The van der Waals surface area contributed by atoms with Crippen LogP contribution in [0, 0.1) is 5.92 Å². The molecule has 0 fully saturated rings. The Kier molecular flexibility index (Phi) is 3.59. The topological polar surface area (TPSA) is 29.1 Å². The molecule has 1 N–H and O–H groups in total. The largest absolute Gasteiger partial charge is 0.353 e. The molecule has 0 aromatic carbocycles. The van der Waals surface area contributed by atoms with E-state index < -0.39 is 0 Å². The zero-order chi connectivity index (χ0) is 10.5. The highest BCUT2D eigenvalue weighted by molar-refractivity contribution is 5.78. The average molecular weight is 205 g/mol. The van der Waals surface area contributed by atoms with Gasteiger partial charge in [-0.15, -0.1) is 0 Å². The number of nitrogens with one attached hydrogen (secondary N) is 1. The van der Waals surface area contributed by atoms with Crippen molar-refractivity contribution in [1.82, 2.24) is 5.32 Å². The van der Waals surface area contributed by atoms with E-state index in [4.69, 9.17) is 0 Å². The molecule has 0 aromatic rings. The second kappa shape index (κ2) is 5.15. The molecule has 2 heteroatoms. The van der Waals surface area contributed by atoms with E-state index in [0.717, 1.165) is 12.8 Å². The monoisotopic (exact) mass is 205 g/mol. The SMILES string of the molecule is O=C1CC=CCC(C2CC=CCCC2)N1. The summed E-state index contributed by atoms with van der Waals surface area (Å²) in [6.45, 7) is 0. The summed E-state index contributed by atoms with van der Waals surface area (Å²) in [4.78, 5) is 11.4. The molecule has 0 aromatic heterocycles. The minimum atomic E-state index is 0.182. The average Bonchev–Trinajstić information content (AvgIpc) is 2.59. The highest BCUT2D eigenvalue weighted by Crippen LogP contribution is 2.24. The molecule has 0 saturated heterocycles. The van der Waals surface area contributed by atoms with E-state index in [2.05, 4.69) is 23.5 Å². The molecule has 0 saturated carbocycles. The third-order valence-electron chi connectivity index (χ3n) is 3.33. The van der Waals surface area contributed by atoms with Gasteiger partial charge in [0.15, 0.2) is 0 Å². The summed E-state index contributed by atoms with van der Waals surface area (Å²) >= 11 is 0. The molecule has 15 heavy (non-hydrogen) atoms. The Bertz CT molecular complexity index is 280. The number of carbonyl (C=O) groups excluding carboxylic acids is 1. The van der Waals surface area contributed by atoms with Crippen LogP contribution in [0.3, 0.4) is 0 Å². The zero-order valence-corrected chi connectivity index (χ0v) is 9.11. The van der Waals surface area contributed by atoms with Crippen LogP contribution in [-0.2, 0) is 4.79 Å². The minimum Gasteiger partial charge on any atom is -0.353 e. The smallest absolute Gasteiger partial charge is 0.224 e. The van der Waals surface area contributed by atoms with Crippen LogP contribution in [0.25, 0.3) is 0 Å². The molecule has 2 rings (SSSR count). The van der Waals surface area contributed by atoms with Crippen molar-refractivity contribution in [3.8, 4) is 0 Å². The van der Waals surface area contributed by atoms with Gasteiger partial charge < -0.3 is 5.32 Å². The highest BCUT2D eigenvalue weighted by atomic mass is 16.1. The molecule has 2 unspecified atom stereocenters. The van der Waals surface area contributed by atoms with Gasteiger partial charge in [-0.2, -0.15) is 0 Å². The number of carbonyl (C=O) groups is 1. The van der Waals surface area contributed by atoms with Gasteiger partial charge in [-0.25, -0.2) is 0 Å². The summed E-state index contributed by atoms with van der Waals surface area (Å²) in [6, 6.07) is 0.360. The summed E-state index contributed by atoms with van der Waals surface area (Å²) in [5.41, 5.74) is 0. The van der Waals surface area contributed by atoms with Crippen LogP contribution in [0.15, 0.2) is 24.3 Å². The molecule has 0 spiro atoms. The fraction of sp³-hybridized carbons (Fsp3) is 0.615. The van der Waals surface area contributed by atoms with Gasteiger partial charge in [0, 0.05) is 12.5 Å². The Balaban J connectivity index is 1.98. The maximum absolute atomic E-state index is 11.4. The van der Waals surface area contributed by atoms with Crippen LogP contribution in [0.1, 0.15) is 38.5 Å². The van der Waals surface area contributed by atoms with Crippen molar-refractivity contribution in [2.75, 3.05) is 0 Å². The number of hydrogen-bond acceptors (Lipinski definition) is 1. The molecule has 2 aliphatic rings. The van der Waals surface area contributed by atoms with E-state index in [1.54, 1.807) is 0 Å². The Labute approximate surface area is 91.4 Å². The summed E-state index contributed by atoms with van der Waals surface area (Å²) in [6.07, 6.45) is 15.1. The number of allylic oxidation sites excluding steroid dienone is 2. The van der Waals surface area contributed by atoms with Crippen LogP contribution < -0.4 is 5.32 Å². The molecule has 0 bridgehead atoms. The molecule has 2 atom stereocenters. The van der Waals surface area contributed by atoms with Gasteiger partial charge >= 0.3 is 0 Å². The third kappa shape index (κ3) is 2.95. The first-order chi connectivity index (χ1) is 7.36. The molecule has 82 valence electrons. The summed E-state index contributed by atoms with van der Waals surface area (Å²) in [5.74, 6) is 0.817. The van der Waals surface area contributed by atoms with E-state index >= 15 is 0 Å². The standard InChI is InChI=1S/C13H19NO/c15-13-10-6-5-9-12(14-13)11-7-3-1-2-4-8-11/h1,3,5-6,11-12H,2,4,7-10H2,(H,14,15). The lowest BCUT2D eigenvalue weighted by atomic mass is 9.90. The van der Waals surface area contributed by atoms with Gasteiger partial charge in [0.1, 0.15) is 0 Å². The number of amides is 1. The van der Waals surface area contributed by atoms with Crippen LogP contribution >= 0.6 is 0 Å². The predicted octanol–water partition coefficient (Wildman–Crippen LogP) is 2.57. The molecule has 1 aliphatic heterocycles. The highest BCUT2D eigenvalue weighted by Gasteiger charge is 2.22. The second-order valence-corrected chi connectivity index (χ2v) is 4.48. The van der Waals surface area contributed by atoms with Crippen molar-refractivity contribution in [3.05, 3.63) is 24.3 Å². The zero-order valence-electron chi connectivity index (χ0n) is 9.11. The first kappa shape index (κ1) is 10.5. The summed E-state index contributed by atoms with van der Waals surface area (Å²) in [7, 11) is 0. The van der Waals surface area contributed by atoms with Crippen LogP contribution in [-0.4, -0.2) is 11.9 Å². The van der Waals surface area contributed by atoms with Gasteiger partial charge in [-0.1, -0.05) is 24.3 Å². The molecule has 0 radical (unpaired) electrons. The lowest BCUT2D eigenvalue weighted by molar-refractivity contribution is -0.121. The quantitative estimate of drug-likeness (QED) is 0.655. The van der Waals surface area contributed by atoms with Crippen LogP contribution in [0.4, 0.5) is 0 Å². The van der Waals surface area contributed by atoms with E-state index in [1.807, 2.05) is 6.08 Å². The Morgan fingerprint density at radius 3 is 2.93 bits per heavy atom. The van der Waals surface area contributed by atoms with Crippen molar-refractivity contribution in [2.24, 2.45) is 5.92 Å². The van der Waals surface area contributed by atoms with Gasteiger partial charge in [0.2, 0.25) is 5.91 Å². The first-order valence-corrected chi connectivity index (χ1v) is 5.95. The van der Waals surface area contributed by atoms with Gasteiger partial charge in [0.05, 0.1) is 0 Å². The molecule has 2 nitrogen and oxygen atoms in total. The van der Waals surface area contributed by atoms with Crippen molar-refractivity contribution < 1.29 is 4.79 Å². The maximum Gasteiger partial charge on any atom is 0.224 e. The second-order valence-electron chi connectivity index (χ2n) is 4.48. The van der Waals surface area contributed by atoms with E-state index in [9.17, 15) is 4.79 Å². The summed E-state index contributed by atoms with van der Waals surface area (Å²) < 4.78 is 0. The molecule has 1 aliphatic carbocycles. The van der Waals surface area contributed by atoms with E-state index in [1.165, 1.54) is 19.3 Å². The van der Waals surface area contributed by atoms with Crippen molar-refractivity contribution in [3.63, 3.8) is 0 Å². The Hall–Kier alpha value is -1.05. The molecule has 1 heterocycles. The van der Waals surface area contributed by atoms with Crippen LogP contribution in [0.5, 0.6) is 0 Å². The number of hydrogen-bond donors (Lipinski definition) is 1. The predicted molar refractivity (Wildman–Crippen MR) is 61.4 cm³/mol. The van der Waals surface area contributed by atoms with Crippen molar-refractivity contribution in [1.29, 1.82) is 0 Å². The molecular weight excluding hydrogens is 186 g/mol. The fourth-order valence-corrected chi connectivity index (χ4v) is 2.44. The van der Waals surface area contributed by atoms with Gasteiger partial charge in [-0.3, -0.25) is 4.79 Å². The first-order valence-electron chi connectivity index (χ1n) is 5.95. The Morgan fingerprint density at radius 2 is 2.00 bits per heavy atom. The normalized spacial score (nSPS) is 31.9. The maximum atomic E-state index is 11.4. The Morgan fingerprint density at radius 1 is 1.13 bits per heavy atom. The summed E-state index contributed by atoms with van der Waals surface area (Å²) in [5, 5.41) is 3.14. The van der Waals surface area contributed by atoms with Crippen molar-refractivity contribution in [2.45, 2.75) is 44.6 Å². The van der Waals surface area contributed by atoms with Gasteiger partial charge in [0.25, 0.3) is 0 Å². The van der Waals surface area contributed by atoms with Crippen LogP contribution in [0.2, 0.25) is 0 Å². The fourth-order valence-electron chi connectivity index (χ4n) is 2.44. The third-order valence-corrected chi connectivity index (χ3v) is 3.33. The van der Waals surface area contributed by atoms with Crippen molar-refractivity contribution >= 4 is 5.91 Å².